The van der Waals surface area contributed by atoms with Gasteiger partial charge in [0.1, 0.15) is 5.82 Å². The lowest BCUT2D eigenvalue weighted by molar-refractivity contribution is 0.103. The van der Waals surface area contributed by atoms with E-state index < -0.39 is 0 Å². The van der Waals surface area contributed by atoms with E-state index in [1.165, 1.54) is 44.1 Å². The normalized spacial score (nSPS) is 27.3. The molecule has 0 amide bonds. The van der Waals surface area contributed by atoms with Crippen LogP contribution >= 0.6 is 0 Å². The summed E-state index contributed by atoms with van der Waals surface area (Å²) in [5, 5.41) is 3.50. The Kier molecular flexibility index (Phi) is 3.38. The zero-order valence-corrected chi connectivity index (χ0v) is 10.9. The molecule has 1 spiro atoms. The average molecular weight is 247 g/mol. The highest BCUT2D eigenvalue weighted by molar-refractivity contribution is 5.25. The predicted octanol–water partition coefficient (Wildman–Crippen LogP) is 3.85. The van der Waals surface area contributed by atoms with Crippen molar-refractivity contribution in [3.8, 4) is 0 Å². The van der Waals surface area contributed by atoms with Gasteiger partial charge in [0, 0.05) is 12.5 Å². The van der Waals surface area contributed by atoms with Gasteiger partial charge in [-0.2, -0.15) is 0 Å². The van der Waals surface area contributed by atoms with Crippen LogP contribution in [0.15, 0.2) is 24.3 Å². The summed E-state index contributed by atoms with van der Waals surface area (Å²) >= 11 is 0. The molecule has 1 saturated heterocycles. The van der Waals surface area contributed by atoms with Gasteiger partial charge in [-0.25, -0.2) is 4.39 Å². The highest BCUT2D eigenvalue weighted by Crippen LogP contribution is 2.50. The van der Waals surface area contributed by atoms with E-state index in [0.29, 0.717) is 11.3 Å². The molecule has 0 bridgehead atoms. The number of rotatable bonds is 1. The third-order valence-corrected chi connectivity index (χ3v) is 4.99. The van der Waals surface area contributed by atoms with Gasteiger partial charge in [-0.05, 0) is 48.9 Å². The Bertz CT molecular complexity index is 401. The zero-order valence-electron chi connectivity index (χ0n) is 10.9. The van der Waals surface area contributed by atoms with Gasteiger partial charge in [0.15, 0.2) is 0 Å². The number of piperidine rings is 1. The molecule has 1 aromatic rings. The second kappa shape index (κ2) is 5.00. The molecule has 1 aromatic carbocycles. The molecule has 2 aliphatic rings. The number of halogens is 1. The van der Waals surface area contributed by atoms with E-state index in [2.05, 4.69) is 11.4 Å². The standard InChI is InChI=1S/C16H22FN/c17-14-6-4-5-13(11-14)15-12-18-10-9-16(15)7-2-1-3-8-16/h4-6,11,15,18H,1-3,7-10,12H2. The Morgan fingerprint density at radius 2 is 1.94 bits per heavy atom. The Labute approximate surface area is 109 Å². The third kappa shape index (κ3) is 2.18. The molecular formula is C16H22FN. The number of nitrogens with one attached hydrogen (secondary N) is 1. The van der Waals surface area contributed by atoms with Crippen LogP contribution in [0.25, 0.3) is 0 Å². The van der Waals surface area contributed by atoms with Crippen molar-refractivity contribution >= 4 is 0 Å². The minimum absolute atomic E-state index is 0.0935. The van der Waals surface area contributed by atoms with E-state index in [4.69, 9.17) is 0 Å². The largest absolute Gasteiger partial charge is 0.316 e. The van der Waals surface area contributed by atoms with Crippen molar-refractivity contribution in [3.63, 3.8) is 0 Å². The Hall–Kier alpha value is -0.890. The molecule has 98 valence electrons. The van der Waals surface area contributed by atoms with Gasteiger partial charge < -0.3 is 5.32 Å². The van der Waals surface area contributed by atoms with Crippen molar-refractivity contribution in [1.29, 1.82) is 0 Å². The van der Waals surface area contributed by atoms with Crippen LogP contribution in [0.1, 0.15) is 50.0 Å². The van der Waals surface area contributed by atoms with E-state index in [9.17, 15) is 4.39 Å². The SMILES string of the molecule is Fc1cccc(C2CNCCC23CCCCC3)c1. The molecule has 1 aliphatic heterocycles. The van der Waals surface area contributed by atoms with Crippen LogP contribution in [-0.4, -0.2) is 13.1 Å². The fourth-order valence-corrected chi connectivity index (χ4v) is 4.02. The lowest BCUT2D eigenvalue weighted by atomic mass is 9.60. The highest BCUT2D eigenvalue weighted by atomic mass is 19.1. The zero-order chi connectivity index (χ0) is 12.4. The van der Waals surface area contributed by atoms with Crippen molar-refractivity contribution in [2.24, 2.45) is 5.41 Å². The van der Waals surface area contributed by atoms with E-state index in [1.54, 1.807) is 12.1 Å². The van der Waals surface area contributed by atoms with Crippen LogP contribution in [-0.2, 0) is 0 Å². The summed E-state index contributed by atoms with van der Waals surface area (Å²) in [6.45, 7) is 2.15. The lowest BCUT2D eigenvalue weighted by Gasteiger charge is -2.47. The monoisotopic (exact) mass is 247 g/mol. The van der Waals surface area contributed by atoms with Crippen LogP contribution in [0.3, 0.4) is 0 Å². The summed E-state index contributed by atoms with van der Waals surface area (Å²) in [5.74, 6) is 0.409. The first-order valence-electron chi connectivity index (χ1n) is 7.26. The van der Waals surface area contributed by atoms with Crippen molar-refractivity contribution in [1.82, 2.24) is 5.32 Å². The molecule has 1 unspecified atom stereocenters. The van der Waals surface area contributed by atoms with Gasteiger partial charge in [-0.15, -0.1) is 0 Å². The van der Waals surface area contributed by atoms with Gasteiger partial charge in [0.25, 0.3) is 0 Å². The van der Waals surface area contributed by atoms with Crippen molar-refractivity contribution in [2.45, 2.75) is 44.4 Å². The molecule has 2 fully saturated rings. The van der Waals surface area contributed by atoms with Gasteiger partial charge >= 0.3 is 0 Å². The van der Waals surface area contributed by atoms with Crippen molar-refractivity contribution < 1.29 is 4.39 Å². The smallest absolute Gasteiger partial charge is 0.123 e. The van der Waals surface area contributed by atoms with Crippen LogP contribution < -0.4 is 5.32 Å². The van der Waals surface area contributed by atoms with Crippen molar-refractivity contribution in [2.75, 3.05) is 13.1 Å². The molecule has 1 nitrogen and oxygen atoms in total. The second-order valence-corrected chi connectivity index (χ2v) is 5.98. The van der Waals surface area contributed by atoms with Gasteiger partial charge in [-0.1, -0.05) is 31.4 Å². The molecule has 1 saturated carbocycles. The number of benzene rings is 1. The van der Waals surface area contributed by atoms with Crippen molar-refractivity contribution in [3.05, 3.63) is 35.6 Å². The molecule has 2 heteroatoms. The van der Waals surface area contributed by atoms with Crippen LogP contribution in [0.4, 0.5) is 4.39 Å². The van der Waals surface area contributed by atoms with Crippen LogP contribution in [0.5, 0.6) is 0 Å². The highest BCUT2D eigenvalue weighted by Gasteiger charge is 2.41. The molecular weight excluding hydrogens is 225 g/mol. The molecule has 18 heavy (non-hydrogen) atoms. The van der Waals surface area contributed by atoms with Crippen LogP contribution in [0, 0.1) is 11.2 Å². The first-order chi connectivity index (χ1) is 8.80. The molecule has 0 radical (unpaired) electrons. The van der Waals surface area contributed by atoms with Gasteiger partial charge in [0.2, 0.25) is 0 Å². The van der Waals surface area contributed by atoms with Gasteiger partial charge in [0.05, 0.1) is 0 Å². The van der Waals surface area contributed by atoms with E-state index in [0.717, 1.165) is 13.1 Å². The second-order valence-electron chi connectivity index (χ2n) is 5.98. The third-order valence-electron chi connectivity index (χ3n) is 4.99. The molecule has 1 heterocycles. The first-order valence-corrected chi connectivity index (χ1v) is 7.26. The average Bonchev–Trinajstić information content (AvgIpc) is 2.40. The quantitative estimate of drug-likeness (QED) is 0.794. The summed E-state index contributed by atoms with van der Waals surface area (Å²) < 4.78 is 13.5. The summed E-state index contributed by atoms with van der Waals surface area (Å²) in [6.07, 6.45) is 8.00. The summed E-state index contributed by atoms with van der Waals surface area (Å²) in [6, 6.07) is 7.26. The number of hydrogen-bond acceptors (Lipinski definition) is 1. The molecule has 1 atom stereocenters. The Balaban J connectivity index is 1.91. The Morgan fingerprint density at radius 3 is 2.72 bits per heavy atom. The maximum Gasteiger partial charge on any atom is 0.123 e. The minimum atomic E-state index is -0.0935. The fraction of sp³-hybridized carbons (Fsp3) is 0.625. The maximum absolute atomic E-state index is 13.5. The Morgan fingerprint density at radius 1 is 1.11 bits per heavy atom. The predicted molar refractivity (Wildman–Crippen MR) is 72.1 cm³/mol. The first kappa shape index (κ1) is 12.2. The summed E-state index contributed by atoms with van der Waals surface area (Å²) in [5.41, 5.74) is 1.64. The fourth-order valence-electron chi connectivity index (χ4n) is 4.02. The van der Waals surface area contributed by atoms with Gasteiger partial charge in [-0.3, -0.25) is 0 Å². The lowest BCUT2D eigenvalue weighted by Crippen LogP contribution is -2.44. The minimum Gasteiger partial charge on any atom is -0.316 e. The number of hydrogen-bond donors (Lipinski definition) is 1. The summed E-state index contributed by atoms with van der Waals surface area (Å²) in [4.78, 5) is 0. The molecule has 0 aromatic heterocycles. The topological polar surface area (TPSA) is 12.0 Å². The molecule has 3 rings (SSSR count). The van der Waals surface area contributed by atoms with Crippen LogP contribution in [0.2, 0.25) is 0 Å². The van der Waals surface area contributed by atoms with E-state index in [-0.39, 0.29) is 5.82 Å². The summed E-state index contributed by atoms with van der Waals surface area (Å²) in [7, 11) is 0. The molecule has 1 aliphatic carbocycles. The molecule has 1 N–H and O–H groups in total. The van der Waals surface area contributed by atoms with E-state index in [1.807, 2.05) is 6.07 Å². The van der Waals surface area contributed by atoms with E-state index >= 15 is 0 Å². The maximum atomic E-state index is 13.5.